The highest BCUT2D eigenvalue weighted by molar-refractivity contribution is 6.42. The number of carbonyl (C=O) groups is 1. The molecule has 1 aliphatic rings. The second-order valence-corrected chi connectivity index (χ2v) is 5.39. The molecule has 2 rings (SSSR count). The summed E-state index contributed by atoms with van der Waals surface area (Å²) in [4.78, 5) is 13.1. The van der Waals surface area contributed by atoms with E-state index in [4.69, 9.17) is 28.3 Å². The normalized spacial score (nSPS) is 17.9. The fraction of sp³-hybridized carbons (Fsp3) is 0.462. The minimum atomic E-state index is -0.685. The predicted octanol–water partition coefficient (Wildman–Crippen LogP) is 3.29. The van der Waals surface area contributed by atoms with Crippen LogP contribution in [0.1, 0.15) is 18.4 Å². The molecule has 0 unspecified atom stereocenters. The fourth-order valence-corrected chi connectivity index (χ4v) is 2.63. The van der Waals surface area contributed by atoms with E-state index in [-0.39, 0.29) is 5.92 Å². The fourth-order valence-electron chi connectivity index (χ4n) is 2.25. The van der Waals surface area contributed by atoms with Crippen LogP contribution in [0.25, 0.3) is 0 Å². The molecule has 1 heterocycles. The Labute approximate surface area is 116 Å². The summed E-state index contributed by atoms with van der Waals surface area (Å²) in [6.07, 6.45) is 1.40. The molecule has 0 radical (unpaired) electrons. The molecule has 0 atom stereocenters. The van der Waals surface area contributed by atoms with Crippen LogP contribution >= 0.6 is 23.2 Å². The Morgan fingerprint density at radius 2 is 2.00 bits per heavy atom. The van der Waals surface area contributed by atoms with E-state index in [1.165, 1.54) is 0 Å². The number of aliphatic carboxylic acids is 1. The van der Waals surface area contributed by atoms with Crippen LogP contribution in [0.5, 0.6) is 0 Å². The van der Waals surface area contributed by atoms with Crippen molar-refractivity contribution in [1.29, 1.82) is 0 Å². The molecule has 1 aromatic carbocycles. The molecule has 5 heteroatoms. The van der Waals surface area contributed by atoms with Crippen molar-refractivity contribution < 1.29 is 9.90 Å². The highest BCUT2D eigenvalue weighted by atomic mass is 35.5. The molecule has 1 saturated heterocycles. The van der Waals surface area contributed by atoms with E-state index in [0.29, 0.717) is 22.9 Å². The number of rotatable bonds is 3. The first-order valence-corrected chi connectivity index (χ1v) is 6.71. The van der Waals surface area contributed by atoms with Gasteiger partial charge in [-0.3, -0.25) is 9.69 Å². The second kappa shape index (κ2) is 5.91. The minimum Gasteiger partial charge on any atom is -0.481 e. The van der Waals surface area contributed by atoms with Crippen LogP contribution in [0, 0.1) is 5.92 Å². The van der Waals surface area contributed by atoms with Gasteiger partial charge in [-0.2, -0.15) is 0 Å². The lowest BCUT2D eigenvalue weighted by atomic mass is 9.97. The van der Waals surface area contributed by atoms with Crippen LogP contribution in [-0.4, -0.2) is 29.1 Å². The van der Waals surface area contributed by atoms with Gasteiger partial charge < -0.3 is 5.11 Å². The van der Waals surface area contributed by atoms with E-state index in [2.05, 4.69) is 4.90 Å². The van der Waals surface area contributed by atoms with Crippen molar-refractivity contribution in [3.63, 3.8) is 0 Å². The topological polar surface area (TPSA) is 40.5 Å². The van der Waals surface area contributed by atoms with E-state index in [0.717, 1.165) is 25.2 Å². The molecule has 18 heavy (non-hydrogen) atoms. The first kappa shape index (κ1) is 13.7. The van der Waals surface area contributed by atoms with Crippen molar-refractivity contribution in [3.8, 4) is 0 Å². The zero-order valence-electron chi connectivity index (χ0n) is 9.90. The number of carboxylic acids is 1. The minimum absolute atomic E-state index is 0.198. The Bertz CT molecular complexity index is 443. The Morgan fingerprint density at radius 1 is 1.33 bits per heavy atom. The van der Waals surface area contributed by atoms with Crippen molar-refractivity contribution >= 4 is 29.2 Å². The monoisotopic (exact) mass is 287 g/mol. The Morgan fingerprint density at radius 3 is 2.61 bits per heavy atom. The second-order valence-electron chi connectivity index (χ2n) is 4.60. The van der Waals surface area contributed by atoms with Gasteiger partial charge in [-0.05, 0) is 37.6 Å². The summed E-state index contributed by atoms with van der Waals surface area (Å²) in [5.74, 6) is -0.883. The molecular weight excluding hydrogens is 273 g/mol. The van der Waals surface area contributed by atoms with Crippen molar-refractivity contribution in [3.05, 3.63) is 33.8 Å². The van der Waals surface area contributed by atoms with Gasteiger partial charge in [0, 0.05) is 6.54 Å². The van der Waals surface area contributed by atoms with E-state index in [1.807, 2.05) is 12.1 Å². The maximum Gasteiger partial charge on any atom is 0.306 e. The Balaban J connectivity index is 1.96. The lowest BCUT2D eigenvalue weighted by molar-refractivity contribution is -0.143. The zero-order valence-corrected chi connectivity index (χ0v) is 11.4. The van der Waals surface area contributed by atoms with E-state index in [1.54, 1.807) is 6.07 Å². The number of likely N-dealkylation sites (tertiary alicyclic amines) is 1. The summed E-state index contributed by atoms with van der Waals surface area (Å²) in [6.45, 7) is 2.31. The maximum atomic E-state index is 10.9. The molecule has 1 aromatic rings. The number of piperidine rings is 1. The lowest BCUT2D eigenvalue weighted by Gasteiger charge is -2.30. The summed E-state index contributed by atoms with van der Waals surface area (Å²) in [7, 11) is 0. The van der Waals surface area contributed by atoms with Gasteiger partial charge in [-0.25, -0.2) is 0 Å². The number of benzene rings is 1. The van der Waals surface area contributed by atoms with Crippen LogP contribution in [0.4, 0.5) is 0 Å². The molecule has 1 N–H and O–H groups in total. The molecule has 0 aromatic heterocycles. The molecule has 0 spiro atoms. The molecular formula is C13H15Cl2NO2. The molecule has 0 saturated carbocycles. The van der Waals surface area contributed by atoms with Crippen molar-refractivity contribution in [1.82, 2.24) is 4.90 Å². The highest BCUT2D eigenvalue weighted by Gasteiger charge is 2.24. The largest absolute Gasteiger partial charge is 0.481 e. The van der Waals surface area contributed by atoms with Crippen LogP contribution in [0.15, 0.2) is 18.2 Å². The standard InChI is InChI=1S/C13H15Cl2NO2/c14-11-3-1-2-10(12(11)15)8-16-6-4-9(5-7-16)13(17)18/h1-3,9H,4-8H2,(H,17,18). The Hall–Kier alpha value is -0.770. The van der Waals surface area contributed by atoms with Gasteiger partial charge >= 0.3 is 5.97 Å². The molecule has 98 valence electrons. The van der Waals surface area contributed by atoms with Gasteiger partial charge in [0.2, 0.25) is 0 Å². The summed E-state index contributed by atoms with van der Waals surface area (Å²) >= 11 is 12.1. The average Bonchev–Trinajstić information content (AvgIpc) is 2.36. The number of carboxylic acid groups (broad SMARTS) is 1. The van der Waals surface area contributed by atoms with Gasteiger partial charge in [-0.1, -0.05) is 35.3 Å². The number of nitrogens with zero attached hydrogens (tertiary/aromatic N) is 1. The van der Waals surface area contributed by atoms with Crippen molar-refractivity contribution in [2.75, 3.05) is 13.1 Å². The summed E-state index contributed by atoms with van der Waals surface area (Å²) < 4.78 is 0. The third-order valence-electron chi connectivity index (χ3n) is 3.36. The number of hydrogen-bond acceptors (Lipinski definition) is 2. The molecule has 3 nitrogen and oxygen atoms in total. The number of halogens is 2. The van der Waals surface area contributed by atoms with E-state index >= 15 is 0 Å². The third kappa shape index (κ3) is 3.16. The molecule has 1 fully saturated rings. The number of hydrogen-bond donors (Lipinski definition) is 1. The SMILES string of the molecule is O=C(O)C1CCN(Cc2cccc(Cl)c2Cl)CC1. The van der Waals surface area contributed by atoms with E-state index < -0.39 is 5.97 Å². The van der Waals surface area contributed by atoms with Crippen molar-refractivity contribution in [2.45, 2.75) is 19.4 Å². The van der Waals surface area contributed by atoms with Gasteiger partial charge in [-0.15, -0.1) is 0 Å². The van der Waals surface area contributed by atoms with Crippen LogP contribution in [0.3, 0.4) is 0 Å². The van der Waals surface area contributed by atoms with Gasteiger partial charge in [0.05, 0.1) is 16.0 Å². The smallest absolute Gasteiger partial charge is 0.306 e. The molecule has 0 amide bonds. The summed E-state index contributed by atoms with van der Waals surface area (Å²) in [5.41, 5.74) is 0.998. The predicted molar refractivity (Wildman–Crippen MR) is 72.1 cm³/mol. The first-order valence-electron chi connectivity index (χ1n) is 5.96. The average molecular weight is 288 g/mol. The first-order chi connectivity index (χ1) is 8.58. The Kier molecular flexibility index (Phi) is 4.49. The lowest BCUT2D eigenvalue weighted by Crippen LogP contribution is -2.35. The molecule has 1 aliphatic heterocycles. The van der Waals surface area contributed by atoms with E-state index in [9.17, 15) is 4.79 Å². The van der Waals surface area contributed by atoms with Crippen molar-refractivity contribution in [2.24, 2.45) is 5.92 Å². The summed E-state index contributed by atoms with van der Waals surface area (Å²) in [6, 6.07) is 5.61. The quantitative estimate of drug-likeness (QED) is 0.927. The van der Waals surface area contributed by atoms with Gasteiger partial charge in [0.25, 0.3) is 0 Å². The van der Waals surface area contributed by atoms with Crippen LogP contribution < -0.4 is 0 Å². The van der Waals surface area contributed by atoms with Gasteiger partial charge in [0.1, 0.15) is 0 Å². The maximum absolute atomic E-state index is 10.9. The van der Waals surface area contributed by atoms with Gasteiger partial charge in [0.15, 0.2) is 0 Å². The zero-order chi connectivity index (χ0) is 13.1. The van der Waals surface area contributed by atoms with Crippen LogP contribution in [-0.2, 0) is 11.3 Å². The van der Waals surface area contributed by atoms with Crippen LogP contribution in [0.2, 0.25) is 10.0 Å². The third-order valence-corrected chi connectivity index (χ3v) is 4.22. The highest BCUT2D eigenvalue weighted by Crippen LogP contribution is 2.27. The molecule has 0 bridgehead atoms. The molecule has 0 aliphatic carbocycles. The summed E-state index contributed by atoms with van der Waals surface area (Å²) in [5, 5.41) is 10.1.